The fourth-order valence-electron chi connectivity index (χ4n) is 3.01. The maximum Gasteiger partial charge on any atom is 0.421 e. The Hall–Kier alpha value is -3.39. The van der Waals surface area contributed by atoms with E-state index >= 15 is 0 Å². The Morgan fingerprint density at radius 2 is 1.66 bits per heavy atom. The van der Waals surface area contributed by atoms with Crippen LogP contribution in [0.15, 0.2) is 23.3 Å². The van der Waals surface area contributed by atoms with Gasteiger partial charge in [0.2, 0.25) is 11.9 Å². The van der Waals surface area contributed by atoms with E-state index in [2.05, 4.69) is 20.4 Å². The van der Waals surface area contributed by atoms with Crippen molar-refractivity contribution in [1.29, 1.82) is 0 Å². The lowest BCUT2D eigenvalue weighted by molar-refractivity contribution is -0.139. The highest BCUT2D eigenvalue weighted by molar-refractivity contribution is 5.84. The molecule has 0 spiro atoms. The van der Waals surface area contributed by atoms with Crippen molar-refractivity contribution in [2.45, 2.75) is 25.3 Å². The van der Waals surface area contributed by atoms with Gasteiger partial charge in [0, 0.05) is 44.6 Å². The summed E-state index contributed by atoms with van der Waals surface area (Å²) in [5, 5.41) is 7.73. The number of carbonyl (C=O) groups is 1. The quantitative estimate of drug-likeness (QED) is 0.663. The summed E-state index contributed by atoms with van der Waals surface area (Å²) >= 11 is 0. The molecule has 15 heteroatoms. The molecule has 0 aromatic carbocycles. The Kier molecular flexibility index (Phi) is 6.27. The molecule has 1 aliphatic heterocycles. The molecule has 2 aromatic rings. The summed E-state index contributed by atoms with van der Waals surface area (Å²) in [7, 11) is 0. The predicted molar refractivity (Wildman–Crippen MR) is 98.8 cm³/mol. The van der Waals surface area contributed by atoms with Gasteiger partial charge >= 0.3 is 12.4 Å². The molecule has 1 fully saturated rings. The van der Waals surface area contributed by atoms with Crippen LogP contribution in [0.2, 0.25) is 0 Å². The fraction of sp³-hybridized carbons (Fsp3) is 0.471. The second kappa shape index (κ2) is 8.63. The van der Waals surface area contributed by atoms with Crippen LogP contribution in [0.1, 0.15) is 18.1 Å². The molecular formula is C17H17F6N7O2. The molecule has 1 aliphatic rings. The molecule has 0 aliphatic carbocycles. The number of H-pyrrole nitrogens is 1. The number of nitrogens with one attached hydrogen (secondary N) is 2. The maximum atomic E-state index is 12.9. The third kappa shape index (κ3) is 5.26. The number of amides is 1. The van der Waals surface area contributed by atoms with Gasteiger partial charge in [-0.3, -0.25) is 9.59 Å². The molecule has 2 aromatic heterocycles. The van der Waals surface area contributed by atoms with Crippen LogP contribution in [0.5, 0.6) is 0 Å². The summed E-state index contributed by atoms with van der Waals surface area (Å²) in [5.41, 5.74) is -3.82. The zero-order valence-corrected chi connectivity index (χ0v) is 16.5. The topological polar surface area (TPSA) is 107 Å². The lowest BCUT2D eigenvalue weighted by atomic mass is 10.2. The van der Waals surface area contributed by atoms with Crippen LogP contribution in [-0.2, 0) is 17.1 Å². The van der Waals surface area contributed by atoms with Crippen molar-refractivity contribution in [2.75, 3.05) is 36.4 Å². The molecule has 3 heterocycles. The van der Waals surface area contributed by atoms with E-state index in [-0.39, 0.29) is 37.9 Å². The number of anilines is 2. The first-order chi connectivity index (χ1) is 14.9. The van der Waals surface area contributed by atoms with Gasteiger partial charge in [-0.2, -0.15) is 31.4 Å². The van der Waals surface area contributed by atoms with Crippen molar-refractivity contribution < 1.29 is 31.1 Å². The number of hydrogen-bond acceptors (Lipinski definition) is 7. The highest BCUT2D eigenvalue weighted by Crippen LogP contribution is 2.29. The highest BCUT2D eigenvalue weighted by atomic mass is 19.4. The van der Waals surface area contributed by atoms with E-state index in [9.17, 15) is 35.9 Å². The lowest BCUT2D eigenvalue weighted by Crippen LogP contribution is -2.52. The molecular weight excluding hydrogens is 448 g/mol. The van der Waals surface area contributed by atoms with Gasteiger partial charge < -0.3 is 15.1 Å². The Labute approximate surface area is 176 Å². The molecule has 0 saturated carbocycles. The highest BCUT2D eigenvalue weighted by Gasteiger charge is 2.35. The first-order valence-corrected chi connectivity index (χ1v) is 9.22. The smallest absolute Gasteiger partial charge is 0.357 e. The molecule has 1 saturated heterocycles. The molecule has 3 rings (SSSR count). The van der Waals surface area contributed by atoms with E-state index in [1.165, 1.54) is 11.8 Å². The molecule has 9 nitrogen and oxygen atoms in total. The van der Waals surface area contributed by atoms with Gasteiger partial charge in [0.1, 0.15) is 17.4 Å². The number of aromatic nitrogens is 4. The molecule has 0 radical (unpaired) electrons. The van der Waals surface area contributed by atoms with Crippen LogP contribution < -0.4 is 15.8 Å². The average molecular weight is 465 g/mol. The third-order valence-corrected chi connectivity index (χ3v) is 4.68. The van der Waals surface area contributed by atoms with Crippen molar-refractivity contribution in [1.82, 2.24) is 25.1 Å². The van der Waals surface area contributed by atoms with Crippen molar-refractivity contribution >= 4 is 17.7 Å². The van der Waals surface area contributed by atoms with E-state index in [0.717, 1.165) is 0 Å². The molecule has 174 valence electrons. The monoisotopic (exact) mass is 465 g/mol. The Balaban J connectivity index is 1.59. The fourth-order valence-corrected chi connectivity index (χ4v) is 3.01. The first-order valence-electron chi connectivity index (χ1n) is 9.22. The molecule has 1 unspecified atom stereocenters. The normalized spacial score (nSPS) is 16.1. The van der Waals surface area contributed by atoms with Gasteiger partial charge in [-0.1, -0.05) is 0 Å². The number of halogens is 6. The number of piperazine rings is 1. The Bertz CT molecular complexity index is 1010. The van der Waals surface area contributed by atoms with E-state index in [1.807, 2.05) is 0 Å². The summed E-state index contributed by atoms with van der Waals surface area (Å²) in [4.78, 5) is 34.4. The van der Waals surface area contributed by atoms with E-state index in [0.29, 0.717) is 18.5 Å². The molecule has 32 heavy (non-hydrogen) atoms. The predicted octanol–water partition coefficient (Wildman–Crippen LogP) is 1.75. The van der Waals surface area contributed by atoms with Crippen molar-refractivity contribution in [3.05, 3.63) is 39.9 Å². The molecule has 1 atom stereocenters. The summed E-state index contributed by atoms with van der Waals surface area (Å²) in [6.45, 7) is 2.32. The molecule has 0 bridgehead atoms. The Morgan fingerprint density at radius 3 is 2.19 bits per heavy atom. The zero-order chi connectivity index (χ0) is 23.7. The third-order valence-electron chi connectivity index (χ3n) is 4.68. The summed E-state index contributed by atoms with van der Waals surface area (Å²) in [6.07, 6.45) is -8.07. The largest absolute Gasteiger partial charge is 0.421 e. The van der Waals surface area contributed by atoms with Crippen LogP contribution in [0.25, 0.3) is 0 Å². The minimum Gasteiger partial charge on any atom is -0.357 e. The second-order valence-corrected chi connectivity index (χ2v) is 6.94. The second-order valence-electron chi connectivity index (χ2n) is 6.94. The SMILES string of the molecule is CC(Nc1cc(C(F)(F)F)c(=O)[nH]n1)C(=O)N1CCN(c2ncc(C(F)(F)F)cn2)CC1. The van der Waals surface area contributed by atoms with Crippen molar-refractivity contribution in [2.24, 2.45) is 0 Å². The van der Waals surface area contributed by atoms with Crippen LogP contribution >= 0.6 is 0 Å². The maximum absolute atomic E-state index is 12.9. The van der Waals surface area contributed by atoms with Gasteiger partial charge in [0.15, 0.2) is 0 Å². The van der Waals surface area contributed by atoms with E-state index in [1.54, 1.807) is 10.00 Å². The number of alkyl halides is 6. The Morgan fingerprint density at radius 1 is 1.06 bits per heavy atom. The number of rotatable bonds is 4. The van der Waals surface area contributed by atoms with Gasteiger partial charge in [-0.25, -0.2) is 15.1 Å². The average Bonchev–Trinajstić information content (AvgIpc) is 2.73. The summed E-state index contributed by atoms with van der Waals surface area (Å²) in [6, 6.07) is -0.439. The molecule has 1 amide bonds. The van der Waals surface area contributed by atoms with Crippen LogP contribution in [-0.4, -0.2) is 63.2 Å². The van der Waals surface area contributed by atoms with Gasteiger partial charge in [0.25, 0.3) is 5.56 Å². The minimum absolute atomic E-state index is 0.0911. The first kappa shape index (κ1) is 23.3. The summed E-state index contributed by atoms with van der Waals surface area (Å²) < 4.78 is 76.4. The minimum atomic E-state index is -4.88. The number of aromatic amines is 1. The van der Waals surface area contributed by atoms with E-state index < -0.39 is 41.0 Å². The van der Waals surface area contributed by atoms with Crippen molar-refractivity contribution in [3.63, 3.8) is 0 Å². The standard InChI is InChI=1S/C17H17F6N7O2/c1-9(26-12-6-11(17(21,22)23)13(31)28-27-12)14(32)29-2-4-30(5-3-29)15-24-7-10(8-25-15)16(18,19)20/h6-9H,2-5H2,1H3,(H,26,27)(H,28,31). The molecule has 2 N–H and O–H groups in total. The van der Waals surface area contributed by atoms with Crippen LogP contribution in [0.3, 0.4) is 0 Å². The van der Waals surface area contributed by atoms with Crippen LogP contribution in [0.4, 0.5) is 38.1 Å². The van der Waals surface area contributed by atoms with Crippen LogP contribution in [0, 0.1) is 0 Å². The van der Waals surface area contributed by atoms with Gasteiger partial charge in [0.05, 0.1) is 5.56 Å². The lowest BCUT2D eigenvalue weighted by Gasteiger charge is -2.36. The summed E-state index contributed by atoms with van der Waals surface area (Å²) in [5.74, 6) is -0.664. The number of carbonyl (C=O) groups excluding carboxylic acids is 1. The van der Waals surface area contributed by atoms with Gasteiger partial charge in [-0.05, 0) is 6.92 Å². The zero-order valence-electron chi connectivity index (χ0n) is 16.5. The van der Waals surface area contributed by atoms with Gasteiger partial charge in [-0.15, -0.1) is 0 Å². The van der Waals surface area contributed by atoms with E-state index in [4.69, 9.17) is 0 Å². The number of nitrogens with zero attached hydrogens (tertiary/aromatic N) is 5. The number of hydrogen-bond donors (Lipinski definition) is 2. The van der Waals surface area contributed by atoms with Crippen molar-refractivity contribution in [3.8, 4) is 0 Å².